The molecule has 2 unspecified atom stereocenters. The lowest BCUT2D eigenvalue weighted by Gasteiger charge is -2.27. The molecule has 1 saturated carbocycles. The van der Waals surface area contributed by atoms with E-state index in [1.807, 2.05) is 30.3 Å². The highest BCUT2D eigenvalue weighted by Gasteiger charge is 2.29. The van der Waals surface area contributed by atoms with Crippen molar-refractivity contribution in [2.24, 2.45) is 5.73 Å². The van der Waals surface area contributed by atoms with Crippen LogP contribution in [0.15, 0.2) is 30.3 Å². The van der Waals surface area contributed by atoms with Gasteiger partial charge >= 0.3 is 0 Å². The van der Waals surface area contributed by atoms with Crippen LogP contribution in [0.25, 0.3) is 10.9 Å². The molecule has 2 aromatic rings. The minimum atomic E-state index is -0.397. The number of hydrogen-bond acceptors (Lipinski definition) is 5. The quantitative estimate of drug-likeness (QED) is 0.694. The Kier molecular flexibility index (Phi) is 5.78. The first-order valence-corrected chi connectivity index (χ1v) is 10.6. The molecule has 1 aromatic carbocycles. The zero-order chi connectivity index (χ0) is 19.5. The van der Waals surface area contributed by atoms with Crippen molar-refractivity contribution in [3.8, 4) is 0 Å². The molecule has 2 heterocycles. The molecule has 1 aliphatic carbocycles. The number of amides is 1. The fourth-order valence-corrected chi connectivity index (χ4v) is 4.49. The minimum Gasteiger partial charge on any atom is -0.354 e. The van der Waals surface area contributed by atoms with Gasteiger partial charge in [-0.25, -0.2) is 4.98 Å². The Hall–Kier alpha value is -2.18. The smallest absolute Gasteiger partial charge is 0.256 e. The lowest BCUT2D eigenvalue weighted by molar-refractivity contribution is 0.0941. The molecule has 2 aliphatic rings. The van der Waals surface area contributed by atoms with Crippen LogP contribution in [0.1, 0.15) is 55.8 Å². The van der Waals surface area contributed by atoms with Crippen molar-refractivity contribution in [1.29, 1.82) is 0 Å². The van der Waals surface area contributed by atoms with Gasteiger partial charge in [0, 0.05) is 30.6 Å². The van der Waals surface area contributed by atoms with Gasteiger partial charge in [0.1, 0.15) is 5.82 Å². The van der Waals surface area contributed by atoms with E-state index in [0.29, 0.717) is 17.6 Å². The van der Waals surface area contributed by atoms with E-state index in [4.69, 9.17) is 10.7 Å². The van der Waals surface area contributed by atoms with Gasteiger partial charge in [-0.2, -0.15) is 0 Å². The standard InChI is InChI=1S/C22H31N5O/c1-15(23)24-22(28)19-13-16-7-5-6-10-20(16)26-21(19)27-12-11-18(14-27)25-17-8-3-2-4-9-17/h5-7,10,13,15,17-18,25H,2-4,8-9,11-12,14,23H2,1H3,(H,24,28). The molecule has 6 nitrogen and oxygen atoms in total. The minimum absolute atomic E-state index is 0.160. The molecule has 150 valence electrons. The Morgan fingerprint density at radius 1 is 1.18 bits per heavy atom. The molecule has 0 bridgehead atoms. The molecule has 2 atom stereocenters. The Morgan fingerprint density at radius 3 is 2.75 bits per heavy atom. The molecular weight excluding hydrogens is 350 g/mol. The molecule has 1 saturated heterocycles. The van der Waals surface area contributed by atoms with Crippen LogP contribution in [0.3, 0.4) is 0 Å². The number of hydrogen-bond donors (Lipinski definition) is 3. The lowest BCUT2D eigenvalue weighted by Crippen LogP contribution is -2.42. The molecular formula is C22H31N5O. The number of benzene rings is 1. The van der Waals surface area contributed by atoms with Gasteiger partial charge < -0.3 is 21.3 Å². The number of nitrogens with two attached hydrogens (primary N) is 1. The summed E-state index contributed by atoms with van der Waals surface area (Å²) in [7, 11) is 0. The van der Waals surface area contributed by atoms with Gasteiger partial charge in [-0.15, -0.1) is 0 Å². The van der Waals surface area contributed by atoms with Crippen LogP contribution < -0.4 is 21.3 Å². The summed E-state index contributed by atoms with van der Waals surface area (Å²) in [5.74, 6) is 0.608. The third-order valence-electron chi connectivity index (χ3n) is 5.87. The fourth-order valence-electron chi connectivity index (χ4n) is 4.49. The summed E-state index contributed by atoms with van der Waals surface area (Å²) in [5, 5.41) is 7.64. The Balaban J connectivity index is 1.57. The number of fused-ring (bicyclic) bond motifs is 1. The summed E-state index contributed by atoms with van der Waals surface area (Å²) in [4.78, 5) is 19.9. The molecule has 0 spiro atoms. The van der Waals surface area contributed by atoms with Crippen LogP contribution in [0, 0.1) is 0 Å². The number of pyridine rings is 1. The normalized spacial score (nSPS) is 21.8. The maximum Gasteiger partial charge on any atom is 0.256 e. The second-order valence-electron chi connectivity index (χ2n) is 8.25. The van der Waals surface area contributed by atoms with Crippen molar-refractivity contribution in [2.75, 3.05) is 18.0 Å². The summed E-state index contributed by atoms with van der Waals surface area (Å²) in [6, 6.07) is 11.0. The fraction of sp³-hybridized carbons (Fsp3) is 0.545. The monoisotopic (exact) mass is 381 g/mol. The molecule has 6 heteroatoms. The number of carbonyl (C=O) groups is 1. The maximum atomic E-state index is 12.8. The Labute approximate surface area is 166 Å². The van der Waals surface area contributed by atoms with E-state index >= 15 is 0 Å². The molecule has 28 heavy (non-hydrogen) atoms. The van der Waals surface area contributed by atoms with E-state index in [-0.39, 0.29) is 5.91 Å². The predicted molar refractivity (Wildman–Crippen MR) is 113 cm³/mol. The van der Waals surface area contributed by atoms with Crippen LogP contribution >= 0.6 is 0 Å². The Morgan fingerprint density at radius 2 is 1.96 bits per heavy atom. The van der Waals surface area contributed by atoms with Gasteiger partial charge in [-0.1, -0.05) is 37.5 Å². The summed E-state index contributed by atoms with van der Waals surface area (Å²) < 4.78 is 0. The largest absolute Gasteiger partial charge is 0.354 e. The first-order valence-electron chi connectivity index (χ1n) is 10.6. The van der Waals surface area contributed by atoms with Crippen molar-refractivity contribution in [1.82, 2.24) is 15.6 Å². The van der Waals surface area contributed by atoms with E-state index in [2.05, 4.69) is 15.5 Å². The van der Waals surface area contributed by atoms with Crippen molar-refractivity contribution in [3.05, 3.63) is 35.9 Å². The number of carbonyl (C=O) groups excluding carboxylic acids is 1. The highest BCUT2D eigenvalue weighted by Crippen LogP contribution is 2.28. The predicted octanol–water partition coefficient (Wildman–Crippen LogP) is 2.77. The van der Waals surface area contributed by atoms with Crippen molar-refractivity contribution >= 4 is 22.6 Å². The SMILES string of the molecule is CC(N)NC(=O)c1cc2ccccc2nc1N1CCC(NC2CCCCC2)C1. The van der Waals surface area contributed by atoms with Crippen molar-refractivity contribution in [3.63, 3.8) is 0 Å². The molecule has 1 aromatic heterocycles. The second kappa shape index (κ2) is 8.45. The molecule has 1 amide bonds. The first-order chi connectivity index (χ1) is 13.6. The third-order valence-corrected chi connectivity index (χ3v) is 5.87. The lowest BCUT2D eigenvalue weighted by atomic mass is 9.95. The Bertz CT molecular complexity index is 831. The second-order valence-corrected chi connectivity index (χ2v) is 8.25. The van der Waals surface area contributed by atoms with Gasteiger partial charge in [-0.05, 0) is 38.3 Å². The molecule has 0 radical (unpaired) electrons. The van der Waals surface area contributed by atoms with Crippen LogP contribution in [-0.2, 0) is 0 Å². The highest BCUT2D eigenvalue weighted by molar-refractivity contribution is 6.02. The summed E-state index contributed by atoms with van der Waals surface area (Å²) in [5.41, 5.74) is 7.32. The summed E-state index contributed by atoms with van der Waals surface area (Å²) >= 11 is 0. The number of nitrogens with zero attached hydrogens (tertiary/aromatic N) is 2. The van der Waals surface area contributed by atoms with Gasteiger partial charge in [0.2, 0.25) is 0 Å². The van der Waals surface area contributed by atoms with Gasteiger partial charge in [-0.3, -0.25) is 4.79 Å². The van der Waals surface area contributed by atoms with E-state index in [1.54, 1.807) is 6.92 Å². The number of rotatable bonds is 5. The first kappa shape index (κ1) is 19.2. The van der Waals surface area contributed by atoms with Crippen LogP contribution in [0.2, 0.25) is 0 Å². The molecule has 4 N–H and O–H groups in total. The number of aromatic nitrogens is 1. The van der Waals surface area contributed by atoms with Gasteiger partial charge in [0.15, 0.2) is 0 Å². The molecule has 2 fully saturated rings. The van der Waals surface area contributed by atoms with E-state index < -0.39 is 6.17 Å². The zero-order valence-electron chi connectivity index (χ0n) is 16.7. The van der Waals surface area contributed by atoms with Gasteiger partial charge in [0.05, 0.1) is 17.2 Å². The number of nitrogens with one attached hydrogen (secondary N) is 2. The number of anilines is 1. The van der Waals surface area contributed by atoms with Crippen LogP contribution in [0.5, 0.6) is 0 Å². The zero-order valence-corrected chi connectivity index (χ0v) is 16.7. The average molecular weight is 382 g/mol. The third kappa shape index (κ3) is 4.28. The number of para-hydroxylation sites is 1. The van der Waals surface area contributed by atoms with E-state index in [9.17, 15) is 4.79 Å². The topological polar surface area (TPSA) is 83.3 Å². The summed E-state index contributed by atoms with van der Waals surface area (Å²) in [6.07, 6.45) is 7.29. The van der Waals surface area contributed by atoms with Crippen molar-refractivity contribution < 1.29 is 4.79 Å². The van der Waals surface area contributed by atoms with E-state index in [1.165, 1.54) is 32.1 Å². The molecule has 4 rings (SSSR count). The highest BCUT2D eigenvalue weighted by atomic mass is 16.1. The van der Waals surface area contributed by atoms with Crippen molar-refractivity contribution in [2.45, 2.75) is 63.7 Å². The maximum absolute atomic E-state index is 12.8. The van der Waals surface area contributed by atoms with Crippen LogP contribution in [-0.4, -0.2) is 42.2 Å². The average Bonchev–Trinajstić information content (AvgIpc) is 3.15. The summed E-state index contributed by atoms with van der Waals surface area (Å²) in [6.45, 7) is 3.57. The van der Waals surface area contributed by atoms with Crippen LogP contribution in [0.4, 0.5) is 5.82 Å². The molecule has 1 aliphatic heterocycles. The van der Waals surface area contributed by atoms with Gasteiger partial charge in [0.25, 0.3) is 5.91 Å². The van der Waals surface area contributed by atoms with E-state index in [0.717, 1.165) is 36.2 Å².